The van der Waals surface area contributed by atoms with Crippen molar-refractivity contribution in [3.05, 3.63) is 35.6 Å². The minimum atomic E-state index is -0.911. The number of carbonyl (C=O) groups is 1. The Morgan fingerprint density at radius 1 is 1.28 bits per heavy atom. The highest BCUT2D eigenvalue weighted by Crippen LogP contribution is 2.30. The molecule has 0 aliphatic heterocycles. The summed E-state index contributed by atoms with van der Waals surface area (Å²) in [4.78, 5) is 12.9. The molecule has 3 rings (SSSR count). The molecule has 134 valence electrons. The van der Waals surface area contributed by atoms with Crippen LogP contribution in [-0.2, 0) is 0 Å². The van der Waals surface area contributed by atoms with E-state index in [0.717, 1.165) is 37.0 Å². The summed E-state index contributed by atoms with van der Waals surface area (Å²) in [5.41, 5.74) is 1.49. The fourth-order valence-corrected chi connectivity index (χ4v) is 3.26. The van der Waals surface area contributed by atoms with Crippen molar-refractivity contribution < 1.29 is 19.2 Å². The molecule has 1 aromatic carbocycles. The van der Waals surface area contributed by atoms with Crippen LogP contribution in [0.5, 0.6) is 5.75 Å². The van der Waals surface area contributed by atoms with Crippen molar-refractivity contribution in [2.45, 2.75) is 51.2 Å². The van der Waals surface area contributed by atoms with Crippen LogP contribution in [0, 0.1) is 0 Å². The number of hydrogen-bond acceptors (Lipinski definition) is 5. The molecule has 1 unspecified atom stereocenters. The van der Waals surface area contributed by atoms with E-state index in [-0.39, 0.29) is 17.7 Å². The van der Waals surface area contributed by atoms with Crippen LogP contribution in [0.2, 0.25) is 0 Å². The van der Waals surface area contributed by atoms with Crippen LogP contribution in [0.4, 0.5) is 0 Å². The van der Waals surface area contributed by atoms with Crippen molar-refractivity contribution in [3.63, 3.8) is 0 Å². The van der Waals surface area contributed by atoms with E-state index in [4.69, 9.17) is 9.26 Å². The quantitative estimate of drug-likeness (QED) is 0.867. The van der Waals surface area contributed by atoms with Gasteiger partial charge in [0.1, 0.15) is 23.1 Å². The Labute approximate surface area is 147 Å². The van der Waals surface area contributed by atoms with Gasteiger partial charge in [-0.15, -0.1) is 0 Å². The van der Waals surface area contributed by atoms with Crippen molar-refractivity contribution in [1.29, 1.82) is 0 Å². The molecule has 0 saturated heterocycles. The first-order chi connectivity index (χ1) is 12.1. The number of methoxy groups -OCH3 is 1. The Bertz CT molecular complexity index is 716. The molecule has 1 saturated carbocycles. The molecule has 1 fully saturated rings. The Morgan fingerprint density at radius 2 is 1.96 bits per heavy atom. The predicted molar refractivity (Wildman–Crippen MR) is 93.5 cm³/mol. The largest absolute Gasteiger partial charge is 0.497 e. The first-order valence-electron chi connectivity index (χ1n) is 8.73. The lowest BCUT2D eigenvalue weighted by molar-refractivity contribution is 0.0915. The average Bonchev–Trinajstić information content (AvgIpc) is 3.08. The number of aliphatic hydroxyl groups is 1. The number of amides is 1. The van der Waals surface area contributed by atoms with Gasteiger partial charge in [-0.2, -0.15) is 0 Å². The molecule has 6 nitrogen and oxygen atoms in total. The fourth-order valence-electron chi connectivity index (χ4n) is 3.26. The zero-order valence-corrected chi connectivity index (χ0v) is 14.6. The molecule has 0 radical (unpaired) electrons. The molecule has 1 aliphatic rings. The first-order valence-corrected chi connectivity index (χ1v) is 8.73. The summed E-state index contributed by atoms with van der Waals surface area (Å²) in [5.74, 6) is 0.671. The molecule has 0 spiro atoms. The number of ether oxygens (including phenoxy) is 1. The van der Waals surface area contributed by atoms with E-state index in [1.54, 1.807) is 26.2 Å². The molecule has 1 amide bonds. The number of rotatable bonds is 5. The molecule has 0 bridgehead atoms. The maximum atomic E-state index is 12.9. The molecule has 25 heavy (non-hydrogen) atoms. The summed E-state index contributed by atoms with van der Waals surface area (Å²) in [6.45, 7) is 1.57. The second-order valence-corrected chi connectivity index (χ2v) is 6.48. The van der Waals surface area contributed by atoms with Crippen molar-refractivity contribution >= 4 is 5.91 Å². The van der Waals surface area contributed by atoms with Gasteiger partial charge in [-0.3, -0.25) is 4.79 Å². The summed E-state index contributed by atoms with van der Waals surface area (Å²) < 4.78 is 10.4. The number of aliphatic hydroxyl groups excluding tert-OH is 1. The Kier molecular flexibility index (Phi) is 5.38. The van der Waals surface area contributed by atoms with Crippen molar-refractivity contribution in [3.8, 4) is 17.0 Å². The summed E-state index contributed by atoms with van der Waals surface area (Å²) in [7, 11) is 1.60. The third kappa shape index (κ3) is 3.85. The van der Waals surface area contributed by atoms with Crippen LogP contribution in [0.3, 0.4) is 0 Å². The Morgan fingerprint density at radius 3 is 2.56 bits per heavy atom. The lowest BCUT2D eigenvalue weighted by Gasteiger charge is -2.22. The second-order valence-electron chi connectivity index (χ2n) is 6.48. The van der Waals surface area contributed by atoms with Gasteiger partial charge in [0, 0.05) is 11.6 Å². The molecular formula is C19H24N2O4. The highest BCUT2D eigenvalue weighted by Gasteiger charge is 2.28. The summed E-state index contributed by atoms with van der Waals surface area (Å²) >= 11 is 0. The van der Waals surface area contributed by atoms with Gasteiger partial charge in [0.25, 0.3) is 5.91 Å². The maximum Gasteiger partial charge on any atom is 0.257 e. The minimum Gasteiger partial charge on any atom is -0.497 e. The van der Waals surface area contributed by atoms with Gasteiger partial charge in [-0.1, -0.05) is 24.4 Å². The smallest absolute Gasteiger partial charge is 0.257 e. The van der Waals surface area contributed by atoms with Crippen molar-refractivity contribution in [2.24, 2.45) is 0 Å². The third-order valence-corrected chi connectivity index (χ3v) is 4.63. The minimum absolute atomic E-state index is 0.168. The van der Waals surface area contributed by atoms with Crippen LogP contribution in [0.15, 0.2) is 28.8 Å². The van der Waals surface area contributed by atoms with E-state index in [0.29, 0.717) is 11.3 Å². The van der Waals surface area contributed by atoms with Crippen LogP contribution in [0.25, 0.3) is 11.3 Å². The van der Waals surface area contributed by atoms with Gasteiger partial charge in [-0.05, 0) is 44.0 Å². The zero-order chi connectivity index (χ0) is 17.8. The standard InChI is InChI=1S/C19H24N2O4/c1-12(22)18-16(19(23)20-14-6-4-3-5-7-14)17(21-25-18)13-8-10-15(24-2)11-9-13/h8-12,14,22H,3-7H2,1-2H3,(H,20,23). The van der Waals surface area contributed by atoms with Gasteiger partial charge in [0.05, 0.1) is 7.11 Å². The van der Waals surface area contributed by atoms with Crippen LogP contribution >= 0.6 is 0 Å². The molecule has 6 heteroatoms. The SMILES string of the molecule is COc1ccc(-c2noc(C(C)O)c2C(=O)NC2CCCCC2)cc1. The van der Waals surface area contributed by atoms with Gasteiger partial charge in [-0.25, -0.2) is 0 Å². The van der Waals surface area contributed by atoms with Gasteiger partial charge in [0.15, 0.2) is 5.76 Å². The molecule has 2 N–H and O–H groups in total. The number of carbonyl (C=O) groups excluding carboxylic acids is 1. The summed E-state index contributed by atoms with van der Waals surface area (Å²) in [5, 5.41) is 17.1. The number of benzene rings is 1. The van der Waals surface area contributed by atoms with E-state index in [2.05, 4.69) is 10.5 Å². The number of nitrogens with one attached hydrogen (secondary N) is 1. The van der Waals surface area contributed by atoms with E-state index in [1.165, 1.54) is 6.42 Å². The van der Waals surface area contributed by atoms with Crippen molar-refractivity contribution in [1.82, 2.24) is 10.5 Å². The van der Waals surface area contributed by atoms with Crippen LogP contribution in [0.1, 0.15) is 61.3 Å². The normalized spacial score (nSPS) is 16.4. The highest BCUT2D eigenvalue weighted by molar-refractivity contribution is 6.01. The second kappa shape index (κ2) is 7.70. The highest BCUT2D eigenvalue weighted by atomic mass is 16.5. The fraction of sp³-hybridized carbons (Fsp3) is 0.474. The van der Waals surface area contributed by atoms with Gasteiger partial charge in [0.2, 0.25) is 0 Å². The Balaban J connectivity index is 1.91. The lowest BCUT2D eigenvalue weighted by Crippen LogP contribution is -2.36. The number of nitrogens with zero attached hydrogens (tertiary/aromatic N) is 1. The van der Waals surface area contributed by atoms with Crippen LogP contribution < -0.4 is 10.1 Å². The molecular weight excluding hydrogens is 320 g/mol. The maximum absolute atomic E-state index is 12.9. The zero-order valence-electron chi connectivity index (χ0n) is 14.6. The first kappa shape index (κ1) is 17.5. The molecule has 1 atom stereocenters. The Hall–Kier alpha value is -2.34. The van der Waals surface area contributed by atoms with Crippen molar-refractivity contribution in [2.75, 3.05) is 7.11 Å². The monoisotopic (exact) mass is 344 g/mol. The van der Waals surface area contributed by atoms with E-state index in [1.807, 2.05) is 12.1 Å². The number of hydrogen-bond donors (Lipinski definition) is 2. The lowest BCUT2D eigenvalue weighted by atomic mass is 9.95. The van der Waals surface area contributed by atoms with E-state index < -0.39 is 6.10 Å². The molecule has 1 heterocycles. The average molecular weight is 344 g/mol. The van der Waals surface area contributed by atoms with Crippen LogP contribution in [-0.4, -0.2) is 29.3 Å². The molecule has 2 aromatic rings. The topological polar surface area (TPSA) is 84.6 Å². The van der Waals surface area contributed by atoms with E-state index in [9.17, 15) is 9.90 Å². The third-order valence-electron chi connectivity index (χ3n) is 4.63. The van der Waals surface area contributed by atoms with Gasteiger partial charge >= 0.3 is 0 Å². The number of aromatic nitrogens is 1. The summed E-state index contributed by atoms with van der Waals surface area (Å²) in [6.07, 6.45) is 4.53. The molecule has 1 aromatic heterocycles. The van der Waals surface area contributed by atoms with Gasteiger partial charge < -0.3 is 19.7 Å². The van der Waals surface area contributed by atoms with E-state index >= 15 is 0 Å². The molecule has 1 aliphatic carbocycles. The summed E-state index contributed by atoms with van der Waals surface area (Å²) in [6, 6.07) is 7.41. The predicted octanol–water partition coefficient (Wildman–Crippen LogP) is 3.47.